The normalized spacial score (nSPS) is 23.5. The van der Waals surface area contributed by atoms with Gasteiger partial charge in [0.1, 0.15) is 0 Å². The van der Waals surface area contributed by atoms with Gasteiger partial charge in [0.05, 0.1) is 12.2 Å². The average Bonchev–Trinajstić information content (AvgIpc) is 3.24. The molecule has 2 aliphatic rings. The summed E-state index contributed by atoms with van der Waals surface area (Å²) in [6.45, 7) is 1.76. The van der Waals surface area contributed by atoms with Crippen LogP contribution in [0.5, 0.6) is 0 Å². The van der Waals surface area contributed by atoms with Crippen LogP contribution in [0.1, 0.15) is 49.4 Å². The summed E-state index contributed by atoms with van der Waals surface area (Å²) in [4.78, 5) is 35.5. The van der Waals surface area contributed by atoms with E-state index in [1.54, 1.807) is 31.2 Å². The average molecular weight is 359 g/mol. The van der Waals surface area contributed by atoms with E-state index in [1.807, 2.05) is 0 Å². The van der Waals surface area contributed by atoms with Gasteiger partial charge in [0.2, 0.25) is 0 Å². The zero-order valence-electron chi connectivity index (χ0n) is 15.0. The van der Waals surface area contributed by atoms with Gasteiger partial charge in [0.15, 0.2) is 6.61 Å². The van der Waals surface area contributed by atoms with Crippen LogP contribution in [0, 0.1) is 17.8 Å². The van der Waals surface area contributed by atoms with Crippen molar-refractivity contribution in [2.45, 2.75) is 39.0 Å². The van der Waals surface area contributed by atoms with Gasteiger partial charge in [0, 0.05) is 12.1 Å². The molecule has 0 heterocycles. The van der Waals surface area contributed by atoms with E-state index in [2.05, 4.69) is 5.32 Å². The lowest BCUT2D eigenvalue weighted by molar-refractivity contribution is -0.148. The maximum Gasteiger partial charge on any atom is 0.338 e. The summed E-state index contributed by atoms with van der Waals surface area (Å²) in [5.41, 5.74) is 0.953. The van der Waals surface area contributed by atoms with E-state index in [4.69, 9.17) is 9.47 Å². The van der Waals surface area contributed by atoms with Crippen molar-refractivity contribution < 1.29 is 23.9 Å². The Balaban J connectivity index is 1.39. The largest absolute Gasteiger partial charge is 0.462 e. The molecule has 1 N–H and O–H groups in total. The number of carbonyl (C=O) groups is 3. The van der Waals surface area contributed by atoms with E-state index in [-0.39, 0.29) is 12.6 Å². The number of carbonyl (C=O) groups excluding carboxylic acids is 3. The molecule has 6 heteroatoms. The summed E-state index contributed by atoms with van der Waals surface area (Å²) < 4.78 is 10.0. The molecule has 3 rings (SSSR count). The predicted octanol–water partition coefficient (Wildman–Crippen LogP) is 3.17. The Morgan fingerprint density at radius 2 is 1.85 bits per heavy atom. The fourth-order valence-electron chi connectivity index (χ4n) is 4.15. The molecule has 0 unspecified atom stereocenters. The number of rotatable bonds is 7. The molecule has 0 aromatic heterocycles. The van der Waals surface area contributed by atoms with Crippen molar-refractivity contribution in [1.29, 1.82) is 0 Å². The van der Waals surface area contributed by atoms with Crippen molar-refractivity contribution in [2.24, 2.45) is 17.8 Å². The third-order valence-electron chi connectivity index (χ3n) is 5.36. The van der Waals surface area contributed by atoms with Crippen LogP contribution in [0.15, 0.2) is 24.3 Å². The molecule has 140 valence electrons. The van der Waals surface area contributed by atoms with Gasteiger partial charge in [-0.15, -0.1) is 0 Å². The lowest BCUT2D eigenvalue weighted by Crippen LogP contribution is -2.23. The topological polar surface area (TPSA) is 81.7 Å². The number of anilines is 1. The molecule has 0 spiro atoms. The molecular weight excluding hydrogens is 334 g/mol. The molecule has 2 saturated carbocycles. The highest BCUT2D eigenvalue weighted by Gasteiger charge is 2.40. The standard InChI is InChI=1S/C20H25NO5/c1-2-25-20(24)14-5-7-17(8-6-14)21-18(22)12-26-19(23)11-16-10-13-3-4-15(16)9-13/h5-8,13,15-16H,2-4,9-12H2,1H3,(H,21,22)/t13-,15-,16+/m0/s1. The molecule has 2 aliphatic carbocycles. The van der Waals surface area contributed by atoms with Crippen molar-refractivity contribution in [2.75, 3.05) is 18.5 Å². The zero-order chi connectivity index (χ0) is 18.5. The molecular formula is C20H25NO5. The maximum atomic E-state index is 12.0. The molecule has 0 saturated heterocycles. The van der Waals surface area contributed by atoms with Crippen molar-refractivity contribution in [1.82, 2.24) is 0 Å². The summed E-state index contributed by atoms with van der Waals surface area (Å²) in [6, 6.07) is 6.38. The number of amides is 1. The minimum absolute atomic E-state index is 0.292. The molecule has 2 bridgehead atoms. The van der Waals surface area contributed by atoms with Gasteiger partial charge in [-0.1, -0.05) is 6.42 Å². The lowest BCUT2D eigenvalue weighted by atomic mass is 9.86. The highest BCUT2D eigenvalue weighted by atomic mass is 16.5. The van der Waals surface area contributed by atoms with Crippen LogP contribution >= 0.6 is 0 Å². The van der Waals surface area contributed by atoms with Crippen LogP contribution < -0.4 is 5.32 Å². The van der Waals surface area contributed by atoms with Crippen molar-refractivity contribution in [3.63, 3.8) is 0 Å². The van der Waals surface area contributed by atoms with Gasteiger partial charge in [-0.2, -0.15) is 0 Å². The molecule has 6 nitrogen and oxygen atoms in total. The lowest BCUT2D eigenvalue weighted by Gasteiger charge is -2.20. The third kappa shape index (κ3) is 4.62. The Morgan fingerprint density at radius 3 is 2.46 bits per heavy atom. The van der Waals surface area contributed by atoms with E-state index < -0.39 is 11.9 Å². The summed E-state index contributed by atoms with van der Waals surface area (Å²) >= 11 is 0. The number of fused-ring (bicyclic) bond motifs is 2. The minimum Gasteiger partial charge on any atom is -0.462 e. The molecule has 0 aliphatic heterocycles. The highest BCUT2D eigenvalue weighted by molar-refractivity contribution is 5.94. The Hall–Kier alpha value is -2.37. The quantitative estimate of drug-likeness (QED) is 0.756. The molecule has 3 atom stereocenters. The second kappa shape index (κ2) is 8.34. The van der Waals surface area contributed by atoms with Crippen LogP contribution in [0.3, 0.4) is 0 Å². The van der Waals surface area contributed by atoms with Gasteiger partial charge in [0.25, 0.3) is 5.91 Å². The molecule has 2 fully saturated rings. The number of hydrogen-bond donors (Lipinski definition) is 1. The Kier molecular flexibility index (Phi) is 5.91. The number of esters is 2. The summed E-state index contributed by atoms with van der Waals surface area (Å²) in [5.74, 6) is 0.795. The van der Waals surface area contributed by atoms with Crippen molar-refractivity contribution >= 4 is 23.5 Å². The van der Waals surface area contributed by atoms with E-state index >= 15 is 0 Å². The Bertz CT molecular complexity index is 669. The predicted molar refractivity (Wildman–Crippen MR) is 95.5 cm³/mol. The summed E-state index contributed by atoms with van der Waals surface area (Å²) in [6.07, 6.45) is 5.32. The first-order chi connectivity index (χ1) is 12.5. The number of ether oxygens (including phenoxy) is 2. The van der Waals surface area contributed by atoms with Crippen LogP contribution in [0.25, 0.3) is 0 Å². The number of hydrogen-bond acceptors (Lipinski definition) is 5. The first kappa shape index (κ1) is 18.4. The number of nitrogens with one attached hydrogen (secondary N) is 1. The Morgan fingerprint density at radius 1 is 1.08 bits per heavy atom. The van der Waals surface area contributed by atoms with E-state index in [1.165, 1.54) is 19.3 Å². The van der Waals surface area contributed by atoms with Crippen LogP contribution in [-0.4, -0.2) is 31.1 Å². The zero-order valence-corrected chi connectivity index (χ0v) is 15.0. The second-order valence-electron chi connectivity index (χ2n) is 7.15. The van der Waals surface area contributed by atoms with Crippen LogP contribution in [0.4, 0.5) is 5.69 Å². The Labute approximate surface area is 153 Å². The second-order valence-corrected chi connectivity index (χ2v) is 7.15. The van der Waals surface area contributed by atoms with Gasteiger partial charge >= 0.3 is 11.9 Å². The van der Waals surface area contributed by atoms with Crippen LogP contribution in [0.2, 0.25) is 0 Å². The molecule has 1 aromatic rings. The van der Waals surface area contributed by atoms with Gasteiger partial charge in [-0.3, -0.25) is 9.59 Å². The smallest absolute Gasteiger partial charge is 0.338 e. The first-order valence-corrected chi connectivity index (χ1v) is 9.27. The molecule has 1 amide bonds. The monoisotopic (exact) mass is 359 g/mol. The fraction of sp³-hybridized carbons (Fsp3) is 0.550. The van der Waals surface area contributed by atoms with Gasteiger partial charge < -0.3 is 14.8 Å². The maximum absolute atomic E-state index is 12.0. The molecule has 26 heavy (non-hydrogen) atoms. The minimum atomic E-state index is -0.403. The van der Waals surface area contributed by atoms with Gasteiger partial charge in [-0.25, -0.2) is 4.79 Å². The van der Waals surface area contributed by atoms with Crippen LogP contribution in [-0.2, 0) is 19.1 Å². The van der Waals surface area contributed by atoms with Crippen molar-refractivity contribution in [3.05, 3.63) is 29.8 Å². The molecule has 0 radical (unpaired) electrons. The van der Waals surface area contributed by atoms with E-state index in [9.17, 15) is 14.4 Å². The summed E-state index contributed by atoms with van der Waals surface area (Å²) in [5, 5.41) is 2.65. The molecule has 1 aromatic carbocycles. The SMILES string of the molecule is CCOC(=O)c1ccc(NC(=O)COC(=O)C[C@H]2C[C@H]3CC[C@H]2C3)cc1. The van der Waals surface area contributed by atoms with Gasteiger partial charge in [-0.05, 0) is 68.2 Å². The number of benzene rings is 1. The highest BCUT2D eigenvalue weighted by Crippen LogP contribution is 2.49. The van der Waals surface area contributed by atoms with Crippen molar-refractivity contribution in [3.8, 4) is 0 Å². The fourth-order valence-corrected chi connectivity index (χ4v) is 4.15. The van der Waals surface area contributed by atoms with E-state index in [0.29, 0.717) is 36.1 Å². The third-order valence-corrected chi connectivity index (χ3v) is 5.36. The summed E-state index contributed by atoms with van der Waals surface area (Å²) in [7, 11) is 0. The first-order valence-electron chi connectivity index (χ1n) is 9.27. The van der Waals surface area contributed by atoms with E-state index in [0.717, 1.165) is 12.3 Å².